The number of carbonyl (C=O) groups is 2. The molecule has 1 fully saturated rings. The molecule has 2 atom stereocenters. The first kappa shape index (κ1) is 17.3. The SMILES string of the molecule is O=C(C[C@H](C(=O)[O-])[C@H]1CCCO1)Nc1cccc(C(F)(F)F)c1. The molecule has 1 saturated heterocycles. The van der Waals surface area contributed by atoms with Crippen LogP contribution >= 0.6 is 0 Å². The van der Waals surface area contributed by atoms with Crippen molar-refractivity contribution in [2.24, 2.45) is 5.92 Å². The highest BCUT2D eigenvalue weighted by Crippen LogP contribution is 2.31. The standard InChI is InChI=1S/C15H16F3NO4/c16-15(17,18)9-3-1-4-10(7-9)19-13(20)8-11(14(21)22)12-5-2-6-23-12/h1,3-4,7,11-12H,2,5-6,8H2,(H,19,20)(H,21,22)/p-1/t11-,12+/m0/s1. The fourth-order valence-corrected chi connectivity index (χ4v) is 2.47. The van der Waals surface area contributed by atoms with Crippen LogP contribution < -0.4 is 10.4 Å². The Bertz CT molecular complexity index is 582. The lowest BCUT2D eigenvalue weighted by Crippen LogP contribution is -2.40. The van der Waals surface area contributed by atoms with E-state index in [1.165, 1.54) is 6.07 Å². The van der Waals surface area contributed by atoms with Crippen molar-refractivity contribution in [2.75, 3.05) is 11.9 Å². The Labute approximate surface area is 130 Å². The number of carbonyl (C=O) groups excluding carboxylic acids is 2. The average Bonchev–Trinajstić information content (AvgIpc) is 2.97. The maximum atomic E-state index is 12.6. The van der Waals surface area contributed by atoms with E-state index in [0.717, 1.165) is 18.2 Å². The van der Waals surface area contributed by atoms with Crippen molar-refractivity contribution >= 4 is 17.6 Å². The molecule has 1 aliphatic heterocycles. The molecule has 0 unspecified atom stereocenters. The summed E-state index contributed by atoms with van der Waals surface area (Å²) in [5, 5.41) is 13.4. The Morgan fingerprint density at radius 2 is 2.13 bits per heavy atom. The Hall–Kier alpha value is -2.09. The first-order chi connectivity index (χ1) is 10.8. The highest BCUT2D eigenvalue weighted by atomic mass is 19.4. The third-order valence-corrected chi connectivity index (χ3v) is 3.60. The van der Waals surface area contributed by atoms with Gasteiger partial charge < -0.3 is 20.0 Å². The molecule has 0 radical (unpaired) electrons. The lowest BCUT2D eigenvalue weighted by Gasteiger charge is -2.23. The first-order valence-corrected chi connectivity index (χ1v) is 7.07. The van der Waals surface area contributed by atoms with Gasteiger partial charge in [0.05, 0.1) is 11.7 Å². The van der Waals surface area contributed by atoms with E-state index in [1.807, 2.05) is 0 Å². The molecule has 1 heterocycles. The summed E-state index contributed by atoms with van der Waals surface area (Å²) in [5.41, 5.74) is -0.944. The van der Waals surface area contributed by atoms with Gasteiger partial charge in [0.1, 0.15) is 0 Å². The van der Waals surface area contributed by atoms with Crippen molar-refractivity contribution < 1.29 is 32.6 Å². The zero-order chi connectivity index (χ0) is 17.0. The summed E-state index contributed by atoms with van der Waals surface area (Å²) in [7, 11) is 0. The van der Waals surface area contributed by atoms with E-state index in [-0.39, 0.29) is 5.69 Å². The summed E-state index contributed by atoms with van der Waals surface area (Å²) < 4.78 is 43.1. The number of nitrogens with one attached hydrogen (secondary N) is 1. The molecule has 0 aliphatic carbocycles. The van der Waals surface area contributed by atoms with Crippen molar-refractivity contribution in [3.8, 4) is 0 Å². The van der Waals surface area contributed by atoms with Crippen LogP contribution in [-0.4, -0.2) is 24.6 Å². The molecule has 126 valence electrons. The number of carboxylic acids is 1. The van der Waals surface area contributed by atoms with Crippen LogP contribution in [0.5, 0.6) is 0 Å². The highest BCUT2D eigenvalue weighted by molar-refractivity contribution is 5.93. The second-order valence-corrected chi connectivity index (χ2v) is 5.31. The van der Waals surface area contributed by atoms with Crippen LogP contribution in [0.1, 0.15) is 24.8 Å². The molecular weight excluding hydrogens is 315 g/mol. The smallest absolute Gasteiger partial charge is 0.416 e. The van der Waals surface area contributed by atoms with Gasteiger partial charge in [-0.05, 0) is 31.0 Å². The van der Waals surface area contributed by atoms with Crippen LogP contribution in [0.2, 0.25) is 0 Å². The van der Waals surface area contributed by atoms with Gasteiger partial charge in [-0.1, -0.05) is 6.07 Å². The fraction of sp³-hybridized carbons (Fsp3) is 0.467. The van der Waals surface area contributed by atoms with E-state index in [0.29, 0.717) is 19.4 Å². The van der Waals surface area contributed by atoms with Crippen LogP contribution in [0, 0.1) is 5.92 Å². The minimum absolute atomic E-state index is 0.0470. The fourth-order valence-electron chi connectivity index (χ4n) is 2.47. The number of hydrogen-bond acceptors (Lipinski definition) is 4. The number of alkyl halides is 3. The Balaban J connectivity index is 2.02. The van der Waals surface area contributed by atoms with E-state index in [1.54, 1.807) is 0 Å². The minimum Gasteiger partial charge on any atom is -0.550 e. The molecule has 1 amide bonds. The minimum atomic E-state index is -4.52. The maximum Gasteiger partial charge on any atom is 0.416 e. The van der Waals surface area contributed by atoms with Gasteiger partial charge in [0.25, 0.3) is 0 Å². The number of aliphatic carboxylic acids is 1. The Morgan fingerprint density at radius 1 is 1.39 bits per heavy atom. The molecule has 1 aromatic carbocycles. The second-order valence-electron chi connectivity index (χ2n) is 5.31. The van der Waals surface area contributed by atoms with Crippen LogP contribution in [0.4, 0.5) is 18.9 Å². The Morgan fingerprint density at radius 3 is 2.70 bits per heavy atom. The van der Waals surface area contributed by atoms with Crippen molar-refractivity contribution in [3.05, 3.63) is 29.8 Å². The molecule has 23 heavy (non-hydrogen) atoms. The summed E-state index contributed by atoms with van der Waals surface area (Å²) in [5.74, 6) is -3.23. The number of benzene rings is 1. The predicted octanol–water partition coefficient (Wildman–Crippen LogP) is 1.58. The van der Waals surface area contributed by atoms with Crippen molar-refractivity contribution in [3.63, 3.8) is 0 Å². The molecule has 8 heteroatoms. The van der Waals surface area contributed by atoms with Crippen molar-refractivity contribution in [1.29, 1.82) is 0 Å². The largest absolute Gasteiger partial charge is 0.550 e. The molecule has 0 saturated carbocycles. The van der Waals surface area contributed by atoms with E-state index >= 15 is 0 Å². The third-order valence-electron chi connectivity index (χ3n) is 3.60. The number of anilines is 1. The number of rotatable bonds is 5. The highest BCUT2D eigenvalue weighted by Gasteiger charge is 2.31. The molecule has 5 nitrogen and oxygen atoms in total. The molecule has 1 aliphatic rings. The van der Waals surface area contributed by atoms with Crippen LogP contribution in [0.3, 0.4) is 0 Å². The zero-order valence-corrected chi connectivity index (χ0v) is 12.1. The lowest BCUT2D eigenvalue weighted by molar-refractivity contribution is -0.314. The van der Waals surface area contributed by atoms with Gasteiger partial charge in [-0.3, -0.25) is 4.79 Å². The predicted molar refractivity (Wildman–Crippen MR) is 72.2 cm³/mol. The number of ether oxygens (including phenoxy) is 1. The molecule has 0 aromatic heterocycles. The zero-order valence-electron chi connectivity index (χ0n) is 12.1. The van der Waals surface area contributed by atoms with Crippen LogP contribution in [0.15, 0.2) is 24.3 Å². The van der Waals surface area contributed by atoms with Gasteiger partial charge in [-0.15, -0.1) is 0 Å². The van der Waals surface area contributed by atoms with Crippen molar-refractivity contribution in [1.82, 2.24) is 0 Å². The summed E-state index contributed by atoms with van der Waals surface area (Å²) >= 11 is 0. The number of amides is 1. The quantitative estimate of drug-likeness (QED) is 0.889. The van der Waals surface area contributed by atoms with E-state index in [9.17, 15) is 27.9 Å². The molecule has 0 spiro atoms. The average molecular weight is 330 g/mol. The summed E-state index contributed by atoms with van der Waals surface area (Å²) in [6.07, 6.45) is -4.33. The molecule has 2 rings (SSSR count). The number of carboxylic acid groups (broad SMARTS) is 1. The van der Waals surface area contributed by atoms with Gasteiger partial charge in [0, 0.05) is 30.6 Å². The monoisotopic (exact) mass is 330 g/mol. The van der Waals surface area contributed by atoms with Gasteiger partial charge in [-0.25, -0.2) is 0 Å². The maximum absolute atomic E-state index is 12.6. The summed E-state index contributed by atoms with van der Waals surface area (Å²) in [6.45, 7) is 0.420. The van der Waals surface area contributed by atoms with Gasteiger partial charge >= 0.3 is 6.18 Å². The van der Waals surface area contributed by atoms with Crippen LogP contribution in [0.25, 0.3) is 0 Å². The van der Waals surface area contributed by atoms with Crippen molar-refractivity contribution in [2.45, 2.75) is 31.5 Å². The van der Waals surface area contributed by atoms with E-state index in [2.05, 4.69) is 5.32 Å². The normalized spacial score (nSPS) is 19.3. The molecule has 1 aromatic rings. The topological polar surface area (TPSA) is 78.5 Å². The molecule has 1 N–H and O–H groups in total. The van der Waals surface area contributed by atoms with E-state index in [4.69, 9.17) is 4.74 Å². The van der Waals surface area contributed by atoms with Gasteiger partial charge in [0.2, 0.25) is 5.91 Å². The first-order valence-electron chi connectivity index (χ1n) is 7.07. The van der Waals surface area contributed by atoms with Gasteiger partial charge in [0.15, 0.2) is 0 Å². The van der Waals surface area contributed by atoms with Crippen LogP contribution in [-0.2, 0) is 20.5 Å². The summed E-state index contributed by atoms with van der Waals surface area (Å²) in [4.78, 5) is 23.0. The lowest BCUT2D eigenvalue weighted by atomic mass is 9.96. The summed E-state index contributed by atoms with van der Waals surface area (Å²) in [6, 6.07) is 4.13. The molecule has 0 bridgehead atoms. The van der Waals surface area contributed by atoms with Gasteiger partial charge in [-0.2, -0.15) is 13.2 Å². The Kier molecular flexibility index (Phi) is 5.25. The van der Waals surface area contributed by atoms with E-state index < -0.39 is 42.1 Å². The number of hydrogen-bond donors (Lipinski definition) is 1. The molecular formula is C15H15F3NO4-. The number of halogens is 3. The third kappa shape index (κ3) is 4.69. The second kappa shape index (κ2) is 6.99.